The van der Waals surface area contributed by atoms with Crippen molar-refractivity contribution in [2.24, 2.45) is 13.0 Å². The lowest BCUT2D eigenvalue weighted by Gasteiger charge is -2.10. The van der Waals surface area contributed by atoms with Crippen molar-refractivity contribution in [2.45, 2.75) is 26.9 Å². The van der Waals surface area contributed by atoms with E-state index in [1.54, 1.807) is 0 Å². The molecule has 5 heteroatoms. The smallest absolute Gasteiger partial charge is 0.128 e. The first-order chi connectivity index (χ1) is 8.66. The molecule has 2 aromatic heterocycles. The van der Waals surface area contributed by atoms with E-state index < -0.39 is 0 Å². The Morgan fingerprint density at radius 1 is 1.39 bits per heavy atom. The van der Waals surface area contributed by atoms with Gasteiger partial charge in [0.25, 0.3) is 0 Å². The van der Waals surface area contributed by atoms with Gasteiger partial charge in [0.2, 0.25) is 0 Å². The van der Waals surface area contributed by atoms with Crippen molar-refractivity contribution in [3.8, 4) is 0 Å². The van der Waals surface area contributed by atoms with E-state index in [4.69, 9.17) is 0 Å². The third kappa shape index (κ3) is 3.20. The van der Waals surface area contributed by atoms with Crippen molar-refractivity contribution in [3.63, 3.8) is 0 Å². The number of hydrogen-bond donors (Lipinski definition) is 1. The fourth-order valence-electron chi connectivity index (χ4n) is 1.83. The fraction of sp³-hybridized carbons (Fsp3) is 0.538. The highest BCUT2D eigenvalue weighted by molar-refractivity contribution is 5.02. The van der Waals surface area contributed by atoms with Gasteiger partial charge in [-0.1, -0.05) is 13.8 Å². The average molecular weight is 247 g/mol. The summed E-state index contributed by atoms with van der Waals surface area (Å²) in [5.41, 5.74) is 1.19. The topological polar surface area (TPSA) is 47.7 Å². The molecule has 18 heavy (non-hydrogen) atoms. The number of nitrogens with one attached hydrogen (secondary N) is 1. The lowest BCUT2D eigenvalue weighted by atomic mass is 10.2. The van der Waals surface area contributed by atoms with Gasteiger partial charge in [-0.25, -0.2) is 9.97 Å². The summed E-state index contributed by atoms with van der Waals surface area (Å²) in [6, 6.07) is 0. The molecule has 0 saturated heterocycles. The van der Waals surface area contributed by atoms with E-state index in [1.165, 1.54) is 5.69 Å². The van der Waals surface area contributed by atoms with Crippen LogP contribution in [0.15, 0.2) is 24.9 Å². The minimum atomic E-state index is 0.663. The molecule has 2 rings (SSSR count). The predicted octanol–water partition coefficient (Wildman–Crippen LogP) is 1.41. The molecular formula is C13H21N5. The normalized spacial score (nSPS) is 11.3. The summed E-state index contributed by atoms with van der Waals surface area (Å²) >= 11 is 0. The van der Waals surface area contributed by atoms with Crippen LogP contribution in [0.25, 0.3) is 0 Å². The van der Waals surface area contributed by atoms with Crippen LogP contribution in [-0.4, -0.2) is 25.6 Å². The summed E-state index contributed by atoms with van der Waals surface area (Å²) < 4.78 is 4.17. The second-order valence-electron chi connectivity index (χ2n) is 4.99. The summed E-state index contributed by atoms with van der Waals surface area (Å²) in [4.78, 5) is 8.55. The van der Waals surface area contributed by atoms with Crippen LogP contribution in [0.2, 0.25) is 0 Å². The van der Waals surface area contributed by atoms with E-state index in [9.17, 15) is 0 Å². The monoisotopic (exact) mass is 247 g/mol. The summed E-state index contributed by atoms with van der Waals surface area (Å²) in [6.45, 7) is 7.05. The van der Waals surface area contributed by atoms with Crippen molar-refractivity contribution < 1.29 is 0 Å². The SMILES string of the molecule is CC(C)CNCc1cncn1Cc1nccn1C. The van der Waals surface area contributed by atoms with Crippen LogP contribution < -0.4 is 5.32 Å². The van der Waals surface area contributed by atoms with Crippen molar-refractivity contribution >= 4 is 0 Å². The van der Waals surface area contributed by atoms with E-state index >= 15 is 0 Å². The molecule has 0 aliphatic rings. The Morgan fingerprint density at radius 3 is 2.89 bits per heavy atom. The molecule has 0 fully saturated rings. The van der Waals surface area contributed by atoms with E-state index in [0.717, 1.165) is 25.5 Å². The third-order valence-corrected chi connectivity index (χ3v) is 2.89. The fourth-order valence-corrected chi connectivity index (χ4v) is 1.83. The summed E-state index contributed by atoms with van der Waals surface area (Å²) in [5, 5.41) is 3.43. The Kier molecular flexibility index (Phi) is 4.15. The van der Waals surface area contributed by atoms with Crippen LogP contribution in [-0.2, 0) is 20.1 Å². The molecule has 2 aromatic rings. The van der Waals surface area contributed by atoms with Crippen LogP contribution in [0, 0.1) is 5.92 Å². The summed E-state index contributed by atoms with van der Waals surface area (Å²) in [7, 11) is 2.01. The maximum absolute atomic E-state index is 4.33. The maximum atomic E-state index is 4.33. The van der Waals surface area contributed by atoms with E-state index in [1.807, 2.05) is 36.5 Å². The zero-order chi connectivity index (χ0) is 13.0. The van der Waals surface area contributed by atoms with Gasteiger partial charge in [0.1, 0.15) is 5.82 Å². The summed E-state index contributed by atoms with van der Waals surface area (Å²) in [6.07, 6.45) is 7.56. The van der Waals surface area contributed by atoms with Crippen molar-refractivity contribution in [3.05, 3.63) is 36.4 Å². The zero-order valence-electron chi connectivity index (χ0n) is 11.3. The molecule has 0 spiro atoms. The highest BCUT2D eigenvalue weighted by Crippen LogP contribution is 2.04. The number of hydrogen-bond acceptors (Lipinski definition) is 3. The second-order valence-corrected chi connectivity index (χ2v) is 4.99. The lowest BCUT2D eigenvalue weighted by molar-refractivity contribution is 0.536. The minimum Gasteiger partial charge on any atom is -0.337 e. The number of imidazole rings is 2. The molecule has 5 nitrogen and oxygen atoms in total. The first-order valence-corrected chi connectivity index (χ1v) is 6.32. The van der Waals surface area contributed by atoms with Crippen molar-refractivity contribution in [1.82, 2.24) is 24.4 Å². The van der Waals surface area contributed by atoms with Gasteiger partial charge in [0.05, 0.1) is 18.6 Å². The molecule has 0 aliphatic heterocycles. The maximum Gasteiger partial charge on any atom is 0.128 e. The van der Waals surface area contributed by atoms with Gasteiger partial charge in [0, 0.05) is 32.2 Å². The first-order valence-electron chi connectivity index (χ1n) is 6.32. The van der Waals surface area contributed by atoms with E-state index in [0.29, 0.717) is 5.92 Å². The van der Waals surface area contributed by atoms with Gasteiger partial charge in [-0.15, -0.1) is 0 Å². The van der Waals surface area contributed by atoms with Gasteiger partial charge in [0.15, 0.2) is 0 Å². The molecule has 0 aromatic carbocycles. The Hall–Kier alpha value is -1.62. The molecule has 0 aliphatic carbocycles. The number of aromatic nitrogens is 4. The highest BCUT2D eigenvalue weighted by Gasteiger charge is 2.05. The highest BCUT2D eigenvalue weighted by atomic mass is 15.1. The van der Waals surface area contributed by atoms with Crippen LogP contribution in [0.5, 0.6) is 0 Å². The summed E-state index contributed by atoms with van der Waals surface area (Å²) in [5.74, 6) is 1.70. The lowest BCUT2D eigenvalue weighted by Crippen LogP contribution is -2.21. The Labute approximate surface area is 108 Å². The van der Waals surface area contributed by atoms with Crippen molar-refractivity contribution in [1.29, 1.82) is 0 Å². The van der Waals surface area contributed by atoms with E-state index in [2.05, 4.69) is 33.7 Å². The van der Waals surface area contributed by atoms with Crippen LogP contribution in [0.1, 0.15) is 25.4 Å². The van der Waals surface area contributed by atoms with Crippen molar-refractivity contribution in [2.75, 3.05) is 6.54 Å². The number of aryl methyl sites for hydroxylation is 1. The predicted molar refractivity (Wildman–Crippen MR) is 71.1 cm³/mol. The van der Waals surface area contributed by atoms with Gasteiger partial charge in [-0.2, -0.15) is 0 Å². The van der Waals surface area contributed by atoms with Gasteiger partial charge < -0.3 is 14.5 Å². The largest absolute Gasteiger partial charge is 0.337 e. The molecule has 0 saturated carbocycles. The molecule has 0 atom stereocenters. The standard InChI is InChI=1S/C13H21N5/c1-11(2)6-14-7-12-8-15-10-18(12)9-13-16-4-5-17(13)3/h4-5,8,10-11,14H,6-7,9H2,1-3H3. The molecular weight excluding hydrogens is 226 g/mol. The quantitative estimate of drug-likeness (QED) is 0.839. The van der Waals surface area contributed by atoms with Gasteiger partial charge >= 0.3 is 0 Å². The van der Waals surface area contributed by atoms with Crippen LogP contribution in [0.3, 0.4) is 0 Å². The second kappa shape index (κ2) is 5.82. The Balaban J connectivity index is 1.97. The zero-order valence-corrected chi connectivity index (χ0v) is 11.3. The van der Waals surface area contributed by atoms with Gasteiger partial charge in [-0.05, 0) is 12.5 Å². The average Bonchev–Trinajstić information content (AvgIpc) is 2.90. The molecule has 0 bridgehead atoms. The van der Waals surface area contributed by atoms with E-state index in [-0.39, 0.29) is 0 Å². The third-order valence-electron chi connectivity index (χ3n) is 2.89. The Morgan fingerprint density at radius 2 is 2.22 bits per heavy atom. The number of rotatable bonds is 6. The minimum absolute atomic E-state index is 0.663. The molecule has 1 N–H and O–H groups in total. The molecule has 0 radical (unpaired) electrons. The van der Waals surface area contributed by atoms with Gasteiger partial charge in [-0.3, -0.25) is 0 Å². The molecule has 2 heterocycles. The molecule has 0 amide bonds. The first kappa shape index (κ1) is 12.8. The number of nitrogens with zero attached hydrogens (tertiary/aromatic N) is 4. The molecule has 0 unspecified atom stereocenters. The Bertz CT molecular complexity index is 483. The van der Waals surface area contributed by atoms with Crippen LogP contribution >= 0.6 is 0 Å². The molecule has 98 valence electrons. The van der Waals surface area contributed by atoms with Crippen LogP contribution in [0.4, 0.5) is 0 Å².